The van der Waals surface area contributed by atoms with Crippen LogP contribution in [0.3, 0.4) is 0 Å². The van der Waals surface area contributed by atoms with Crippen LogP contribution < -0.4 is 10.6 Å². The summed E-state index contributed by atoms with van der Waals surface area (Å²) in [6, 6.07) is 12.2. The number of anilines is 2. The summed E-state index contributed by atoms with van der Waals surface area (Å²) in [5, 5.41) is 0. The summed E-state index contributed by atoms with van der Waals surface area (Å²) in [7, 11) is 0. The molecule has 4 nitrogen and oxygen atoms in total. The van der Waals surface area contributed by atoms with E-state index in [2.05, 4.69) is 42.8 Å². The molecular formula is C16H19BrN4. The highest BCUT2D eigenvalue weighted by Gasteiger charge is 2.17. The van der Waals surface area contributed by atoms with Crippen molar-refractivity contribution in [2.24, 2.45) is 0 Å². The van der Waals surface area contributed by atoms with Gasteiger partial charge in [-0.15, -0.1) is 0 Å². The molecule has 0 bridgehead atoms. The summed E-state index contributed by atoms with van der Waals surface area (Å²) in [6.07, 6.45) is 1.86. The second-order valence-corrected chi connectivity index (χ2v) is 6.24. The second kappa shape index (κ2) is 6.45. The first-order valence-corrected chi connectivity index (χ1v) is 7.93. The summed E-state index contributed by atoms with van der Waals surface area (Å²) < 4.78 is 1.03. The number of hydrogen-bond acceptors (Lipinski definition) is 4. The summed E-state index contributed by atoms with van der Waals surface area (Å²) in [6.45, 7) is 5.07. The molecule has 5 heteroatoms. The van der Waals surface area contributed by atoms with Crippen LogP contribution in [-0.4, -0.2) is 36.1 Å². The van der Waals surface area contributed by atoms with Crippen LogP contribution in [0.2, 0.25) is 0 Å². The average Bonchev–Trinajstić information content (AvgIpc) is 2.50. The third-order valence-electron chi connectivity index (χ3n) is 3.78. The molecule has 0 radical (unpaired) electrons. The first-order valence-electron chi connectivity index (χ1n) is 7.14. The monoisotopic (exact) mass is 346 g/mol. The van der Waals surface area contributed by atoms with Crippen molar-refractivity contribution in [1.29, 1.82) is 0 Å². The van der Waals surface area contributed by atoms with Gasteiger partial charge in [0, 0.05) is 54.8 Å². The molecule has 2 N–H and O–H groups in total. The fourth-order valence-corrected chi connectivity index (χ4v) is 2.85. The van der Waals surface area contributed by atoms with E-state index in [0.717, 1.165) is 48.6 Å². The van der Waals surface area contributed by atoms with Crippen molar-refractivity contribution in [3.8, 4) is 0 Å². The number of piperazine rings is 1. The molecule has 0 amide bonds. The van der Waals surface area contributed by atoms with Gasteiger partial charge in [-0.2, -0.15) is 0 Å². The molecule has 1 aromatic heterocycles. The molecule has 1 fully saturated rings. The van der Waals surface area contributed by atoms with E-state index < -0.39 is 0 Å². The van der Waals surface area contributed by atoms with Crippen LogP contribution in [0.15, 0.2) is 47.1 Å². The summed E-state index contributed by atoms with van der Waals surface area (Å²) in [5.74, 6) is 0. The van der Waals surface area contributed by atoms with Gasteiger partial charge in [0.2, 0.25) is 0 Å². The zero-order chi connectivity index (χ0) is 14.7. The Hall–Kier alpha value is -1.59. The van der Waals surface area contributed by atoms with Crippen molar-refractivity contribution in [3.63, 3.8) is 0 Å². The minimum Gasteiger partial charge on any atom is -0.399 e. The number of nitrogens with zero attached hydrogens (tertiary/aromatic N) is 3. The van der Waals surface area contributed by atoms with E-state index in [9.17, 15) is 0 Å². The van der Waals surface area contributed by atoms with Gasteiger partial charge in [0.1, 0.15) is 0 Å². The van der Waals surface area contributed by atoms with E-state index in [1.165, 1.54) is 5.69 Å². The van der Waals surface area contributed by atoms with E-state index in [0.29, 0.717) is 0 Å². The lowest BCUT2D eigenvalue weighted by molar-refractivity contribution is 0.247. The molecule has 3 rings (SSSR count). The third kappa shape index (κ3) is 3.74. The average molecular weight is 347 g/mol. The van der Waals surface area contributed by atoms with Crippen molar-refractivity contribution in [2.75, 3.05) is 36.8 Å². The zero-order valence-corrected chi connectivity index (χ0v) is 13.5. The van der Waals surface area contributed by atoms with E-state index >= 15 is 0 Å². The normalized spacial score (nSPS) is 16.1. The summed E-state index contributed by atoms with van der Waals surface area (Å²) in [5.41, 5.74) is 9.03. The number of hydrogen-bond donors (Lipinski definition) is 1. The molecule has 0 atom stereocenters. The molecule has 21 heavy (non-hydrogen) atoms. The summed E-state index contributed by atoms with van der Waals surface area (Å²) >= 11 is 3.42. The van der Waals surface area contributed by atoms with Crippen LogP contribution in [0.1, 0.15) is 5.69 Å². The lowest BCUT2D eigenvalue weighted by Gasteiger charge is -2.36. The maximum atomic E-state index is 5.86. The van der Waals surface area contributed by atoms with E-state index in [4.69, 9.17) is 5.73 Å². The van der Waals surface area contributed by atoms with Crippen LogP contribution in [0.25, 0.3) is 0 Å². The van der Waals surface area contributed by atoms with E-state index in [1.54, 1.807) is 0 Å². The van der Waals surface area contributed by atoms with Crippen molar-refractivity contribution in [1.82, 2.24) is 9.88 Å². The SMILES string of the molecule is Nc1cccc(N2CCN(Cc3ccc(Br)cn3)CC2)c1. The lowest BCUT2D eigenvalue weighted by Crippen LogP contribution is -2.46. The first kappa shape index (κ1) is 14.4. The van der Waals surface area contributed by atoms with Gasteiger partial charge in [0.05, 0.1) is 5.69 Å². The Labute approximate surface area is 133 Å². The molecule has 0 spiro atoms. The maximum absolute atomic E-state index is 5.86. The van der Waals surface area contributed by atoms with Gasteiger partial charge in [0.15, 0.2) is 0 Å². The quantitative estimate of drug-likeness (QED) is 0.868. The van der Waals surface area contributed by atoms with Crippen LogP contribution in [0, 0.1) is 0 Å². The Balaban J connectivity index is 1.56. The molecule has 0 unspecified atom stereocenters. The molecule has 1 saturated heterocycles. The maximum Gasteiger partial charge on any atom is 0.0544 e. The topological polar surface area (TPSA) is 45.4 Å². The first-order chi connectivity index (χ1) is 10.2. The number of nitrogen functional groups attached to an aromatic ring is 1. The molecule has 0 aliphatic carbocycles. The van der Waals surface area contributed by atoms with Gasteiger partial charge in [-0.25, -0.2) is 0 Å². The fourth-order valence-electron chi connectivity index (χ4n) is 2.61. The number of pyridine rings is 1. The fraction of sp³-hybridized carbons (Fsp3) is 0.312. The third-order valence-corrected chi connectivity index (χ3v) is 4.25. The van der Waals surface area contributed by atoms with Gasteiger partial charge in [-0.05, 0) is 46.3 Å². The number of nitrogens with two attached hydrogens (primary N) is 1. The van der Waals surface area contributed by atoms with Crippen molar-refractivity contribution < 1.29 is 0 Å². The molecule has 1 aromatic carbocycles. The summed E-state index contributed by atoms with van der Waals surface area (Å²) in [4.78, 5) is 9.28. The number of rotatable bonds is 3. The number of halogens is 1. The Morgan fingerprint density at radius 2 is 1.90 bits per heavy atom. The second-order valence-electron chi connectivity index (χ2n) is 5.33. The van der Waals surface area contributed by atoms with Crippen LogP contribution >= 0.6 is 15.9 Å². The molecule has 2 aromatic rings. The Kier molecular flexibility index (Phi) is 4.41. The smallest absolute Gasteiger partial charge is 0.0544 e. The Morgan fingerprint density at radius 1 is 1.10 bits per heavy atom. The van der Waals surface area contributed by atoms with Gasteiger partial charge < -0.3 is 10.6 Å². The molecule has 1 aliphatic heterocycles. The van der Waals surface area contributed by atoms with Gasteiger partial charge in [0.25, 0.3) is 0 Å². The van der Waals surface area contributed by atoms with Gasteiger partial charge in [-0.1, -0.05) is 6.07 Å². The number of benzene rings is 1. The highest BCUT2D eigenvalue weighted by atomic mass is 79.9. The van der Waals surface area contributed by atoms with Crippen LogP contribution in [0.5, 0.6) is 0 Å². The predicted octanol–water partition coefficient (Wildman–Crippen LogP) is 2.75. The van der Waals surface area contributed by atoms with Crippen molar-refractivity contribution in [3.05, 3.63) is 52.8 Å². The van der Waals surface area contributed by atoms with E-state index in [1.807, 2.05) is 30.5 Å². The van der Waals surface area contributed by atoms with Gasteiger partial charge >= 0.3 is 0 Å². The molecule has 1 aliphatic rings. The molecule has 0 saturated carbocycles. The Bertz CT molecular complexity index is 591. The minimum absolute atomic E-state index is 0.828. The Morgan fingerprint density at radius 3 is 2.57 bits per heavy atom. The standard InChI is InChI=1S/C16H19BrN4/c17-13-4-5-15(19-11-13)12-20-6-8-21(9-7-20)16-3-1-2-14(18)10-16/h1-5,10-11H,6-9,12,18H2. The predicted molar refractivity (Wildman–Crippen MR) is 90.3 cm³/mol. The zero-order valence-electron chi connectivity index (χ0n) is 11.9. The van der Waals surface area contributed by atoms with Gasteiger partial charge in [-0.3, -0.25) is 9.88 Å². The van der Waals surface area contributed by atoms with E-state index in [-0.39, 0.29) is 0 Å². The number of aromatic nitrogens is 1. The largest absolute Gasteiger partial charge is 0.399 e. The molecular weight excluding hydrogens is 328 g/mol. The van der Waals surface area contributed by atoms with Crippen LogP contribution in [0.4, 0.5) is 11.4 Å². The van der Waals surface area contributed by atoms with Crippen LogP contribution in [-0.2, 0) is 6.54 Å². The highest BCUT2D eigenvalue weighted by molar-refractivity contribution is 9.10. The van der Waals surface area contributed by atoms with Crippen molar-refractivity contribution >= 4 is 27.3 Å². The lowest BCUT2D eigenvalue weighted by atomic mass is 10.2. The highest BCUT2D eigenvalue weighted by Crippen LogP contribution is 2.19. The minimum atomic E-state index is 0.828. The van der Waals surface area contributed by atoms with Crippen molar-refractivity contribution in [2.45, 2.75) is 6.54 Å². The molecule has 110 valence electrons. The molecule has 2 heterocycles.